The quantitative estimate of drug-likeness (QED) is 0.768. The Kier molecular flexibility index (Phi) is 3.84. The van der Waals surface area contributed by atoms with Gasteiger partial charge in [0, 0.05) is 17.1 Å². The van der Waals surface area contributed by atoms with Crippen molar-refractivity contribution >= 4 is 34.0 Å². The van der Waals surface area contributed by atoms with Crippen LogP contribution in [0, 0.1) is 13.8 Å². The fraction of sp³-hybridized carbons (Fsp3) is 0.143. The van der Waals surface area contributed by atoms with Crippen molar-refractivity contribution in [1.82, 2.24) is 15.1 Å². The van der Waals surface area contributed by atoms with E-state index >= 15 is 0 Å². The minimum Gasteiger partial charge on any atom is -0.360 e. The summed E-state index contributed by atoms with van der Waals surface area (Å²) in [6, 6.07) is 7.29. The number of aromatic nitrogens is 3. The normalized spacial score (nSPS) is 10.5. The summed E-state index contributed by atoms with van der Waals surface area (Å²) in [5.74, 6) is 1.34. The second-order valence-electron chi connectivity index (χ2n) is 4.60. The van der Waals surface area contributed by atoms with E-state index in [0.717, 1.165) is 5.69 Å². The van der Waals surface area contributed by atoms with Crippen LogP contribution in [0.4, 0.5) is 16.8 Å². The van der Waals surface area contributed by atoms with Gasteiger partial charge in [0.25, 0.3) is 5.91 Å². The second kappa shape index (κ2) is 5.94. The number of aryl methyl sites for hydroxylation is 2. The van der Waals surface area contributed by atoms with Crippen LogP contribution in [0.2, 0.25) is 0 Å². The molecule has 8 heteroatoms. The van der Waals surface area contributed by atoms with E-state index in [1.54, 1.807) is 18.4 Å². The largest absolute Gasteiger partial charge is 0.360 e. The lowest BCUT2D eigenvalue weighted by molar-refractivity contribution is 0.102. The van der Waals surface area contributed by atoms with Crippen LogP contribution in [-0.2, 0) is 0 Å². The molecular formula is C14H13N5O2S. The summed E-state index contributed by atoms with van der Waals surface area (Å²) in [6.07, 6.45) is 0. The first-order chi connectivity index (χ1) is 10.6. The summed E-state index contributed by atoms with van der Waals surface area (Å²) < 4.78 is 4.89. The molecule has 0 atom stereocenters. The van der Waals surface area contributed by atoms with E-state index in [2.05, 4.69) is 25.8 Å². The van der Waals surface area contributed by atoms with Gasteiger partial charge in [-0.15, -0.1) is 11.3 Å². The molecule has 3 aromatic heterocycles. The number of amides is 1. The standard InChI is InChI=1S/C14H13N5O2S/c1-8-4-3-5-11(15-8)18-14-16-10(7-22-14)13(20)17-12-6-9(2)21-19-12/h3-7H,1-2H3,(H,15,16,18)(H,17,19,20). The van der Waals surface area contributed by atoms with E-state index in [1.165, 1.54) is 11.3 Å². The first-order valence-electron chi connectivity index (χ1n) is 6.51. The summed E-state index contributed by atoms with van der Waals surface area (Å²) in [7, 11) is 0. The van der Waals surface area contributed by atoms with E-state index in [-0.39, 0.29) is 5.91 Å². The molecule has 3 aromatic rings. The number of hydrogen-bond acceptors (Lipinski definition) is 7. The van der Waals surface area contributed by atoms with E-state index in [1.807, 2.05) is 25.1 Å². The Morgan fingerprint density at radius 1 is 1.23 bits per heavy atom. The van der Waals surface area contributed by atoms with Gasteiger partial charge in [0.15, 0.2) is 10.9 Å². The number of nitrogens with one attached hydrogen (secondary N) is 2. The summed E-state index contributed by atoms with van der Waals surface area (Å²) in [6.45, 7) is 3.66. The first kappa shape index (κ1) is 14.2. The Hall–Kier alpha value is -2.74. The molecule has 22 heavy (non-hydrogen) atoms. The summed E-state index contributed by atoms with van der Waals surface area (Å²) in [5, 5.41) is 11.7. The first-order valence-corrected chi connectivity index (χ1v) is 7.39. The monoisotopic (exact) mass is 315 g/mol. The Balaban J connectivity index is 1.69. The van der Waals surface area contributed by atoms with E-state index in [4.69, 9.17) is 4.52 Å². The minimum absolute atomic E-state index is 0.306. The van der Waals surface area contributed by atoms with Gasteiger partial charge >= 0.3 is 0 Å². The number of hydrogen-bond donors (Lipinski definition) is 2. The van der Waals surface area contributed by atoms with Gasteiger partial charge < -0.3 is 15.2 Å². The predicted octanol–water partition coefficient (Wildman–Crippen LogP) is 3.14. The molecule has 2 N–H and O–H groups in total. The lowest BCUT2D eigenvalue weighted by atomic mass is 10.4. The fourth-order valence-corrected chi connectivity index (χ4v) is 2.46. The summed E-state index contributed by atoms with van der Waals surface area (Å²) >= 11 is 1.33. The maximum atomic E-state index is 12.1. The maximum absolute atomic E-state index is 12.1. The van der Waals surface area contributed by atoms with Gasteiger partial charge in [-0.05, 0) is 26.0 Å². The van der Waals surface area contributed by atoms with Crippen LogP contribution in [0.15, 0.2) is 34.2 Å². The van der Waals surface area contributed by atoms with Crippen LogP contribution in [-0.4, -0.2) is 21.0 Å². The average molecular weight is 315 g/mol. The second-order valence-corrected chi connectivity index (χ2v) is 5.46. The van der Waals surface area contributed by atoms with E-state index in [9.17, 15) is 4.79 Å². The van der Waals surface area contributed by atoms with Gasteiger partial charge in [-0.3, -0.25) is 4.79 Å². The predicted molar refractivity (Wildman–Crippen MR) is 83.6 cm³/mol. The Bertz CT molecular complexity index is 811. The molecule has 7 nitrogen and oxygen atoms in total. The van der Waals surface area contributed by atoms with Crippen LogP contribution in [0.25, 0.3) is 0 Å². The highest BCUT2D eigenvalue weighted by Crippen LogP contribution is 2.20. The maximum Gasteiger partial charge on any atom is 0.276 e. The number of carbonyl (C=O) groups is 1. The molecule has 0 aliphatic heterocycles. The highest BCUT2D eigenvalue weighted by molar-refractivity contribution is 7.14. The lowest BCUT2D eigenvalue weighted by Gasteiger charge is -2.01. The van der Waals surface area contributed by atoms with Gasteiger partial charge in [-0.2, -0.15) is 0 Å². The lowest BCUT2D eigenvalue weighted by Crippen LogP contribution is -2.12. The van der Waals surface area contributed by atoms with Crippen LogP contribution >= 0.6 is 11.3 Å². The molecule has 3 rings (SSSR count). The third-order valence-electron chi connectivity index (χ3n) is 2.73. The molecule has 1 amide bonds. The number of pyridine rings is 1. The zero-order chi connectivity index (χ0) is 15.5. The van der Waals surface area contributed by atoms with Gasteiger partial charge in [0.1, 0.15) is 17.3 Å². The Labute approximate surface area is 130 Å². The molecule has 112 valence electrons. The Morgan fingerprint density at radius 3 is 2.82 bits per heavy atom. The van der Waals surface area contributed by atoms with Crippen molar-refractivity contribution < 1.29 is 9.32 Å². The molecular weight excluding hydrogens is 302 g/mol. The van der Waals surface area contributed by atoms with E-state index in [0.29, 0.717) is 28.2 Å². The van der Waals surface area contributed by atoms with Crippen molar-refractivity contribution in [2.24, 2.45) is 0 Å². The van der Waals surface area contributed by atoms with Crippen LogP contribution in [0.1, 0.15) is 21.9 Å². The van der Waals surface area contributed by atoms with Crippen molar-refractivity contribution in [2.45, 2.75) is 13.8 Å². The van der Waals surface area contributed by atoms with Crippen molar-refractivity contribution in [3.8, 4) is 0 Å². The van der Waals surface area contributed by atoms with Crippen molar-refractivity contribution in [2.75, 3.05) is 10.6 Å². The fourth-order valence-electron chi connectivity index (χ4n) is 1.76. The molecule has 3 heterocycles. The third kappa shape index (κ3) is 3.29. The van der Waals surface area contributed by atoms with Gasteiger partial charge in [-0.25, -0.2) is 9.97 Å². The highest BCUT2D eigenvalue weighted by atomic mass is 32.1. The number of anilines is 3. The highest BCUT2D eigenvalue weighted by Gasteiger charge is 2.13. The van der Waals surface area contributed by atoms with Gasteiger partial charge in [0.05, 0.1) is 0 Å². The Morgan fingerprint density at radius 2 is 2.09 bits per heavy atom. The van der Waals surface area contributed by atoms with Gasteiger partial charge in [-0.1, -0.05) is 11.2 Å². The molecule has 0 aromatic carbocycles. The molecule has 0 saturated carbocycles. The molecule has 0 fully saturated rings. The van der Waals surface area contributed by atoms with Crippen molar-refractivity contribution in [1.29, 1.82) is 0 Å². The minimum atomic E-state index is -0.338. The molecule has 0 aliphatic carbocycles. The number of nitrogens with zero attached hydrogens (tertiary/aromatic N) is 3. The molecule has 0 bridgehead atoms. The van der Waals surface area contributed by atoms with Crippen LogP contribution in [0.3, 0.4) is 0 Å². The zero-order valence-corrected chi connectivity index (χ0v) is 12.8. The van der Waals surface area contributed by atoms with Crippen molar-refractivity contribution in [3.63, 3.8) is 0 Å². The topological polar surface area (TPSA) is 92.9 Å². The number of carbonyl (C=O) groups excluding carboxylic acids is 1. The molecule has 0 radical (unpaired) electrons. The number of rotatable bonds is 4. The average Bonchev–Trinajstić information content (AvgIpc) is 3.08. The zero-order valence-electron chi connectivity index (χ0n) is 12.0. The summed E-state index contributed by atoms with van der Waals surface area (Å²) in [5.41, 5.74) is 1.21. The third-order valence-corrected chi connectivity index (χ3v) is 3.49. The van der Waals surface area contributed by atoms with E-state index < -0.39 is 0 Å². The number of thiazole rings is 1. The van der Waals surface area contributed by atoms with Crippen LogP contribution in [0.5, 0.6) is 0 Å². The van der Waals surface area contributed by atoms with Crippen molar-refractivity contribution in [3.05, 3.63) is 46.8 Å². The molecule has 0 saturated heterocycles. The van der Waals surface area contributed by atoms with Crippen LogP contribution < -0.4 is 10.6 Å². The SMILES string of the molecule is Cc1cccc(Nc2nc(C(=O)Nc3cc(C)on3)cs2)n1. The molecule has 0 spiro atoms. The molecule has 0 unspecified atom stereocenters. The smallest absolute Gasteiger partial charge is 0.276 e. The summed E-state index contributed by atoms with van der Waals surface area (Å²) in [4.78, 5) is 20.6. The molecule has 0 aliphatic rings. The van der Waals surface area contributed by atoms with Gasteiger partial charge in [0.2, 0.25) is 0 Å².